The van der Waals surface area contributed by atoms with Crippen molar-refractivity contribution in [3.05, 3.63) is 34.6 Å². The molecule has 15 heavy (non-hydrogen) atoms. The molecule has 0 fully saturated rings. The molecule has 0 heterocycles. The van der Waals surface area contributed by atoms with E-state index in [4.69, 9.17) is 0 Å². The molecule has 0 saturated heterocycles. The molecule has 1 aromatic carbocycles. The second-order valence-corrected chi connectivity index (χ2v) is 4.33. The molecule has 1 aliphatic rings. The van der Waals surface area contributed by atoms with Crippen LogP contribution in [0.4, 0.5) is 4.39 Å². The van der Waals surface area contributed by atoms with Gasteiger partial charge in [0.1, 0.15) is 5.82 Å². The van der Waals surface area contributed by atoms with Crippen molar-refractivity contribution in [2.24, 2.45) is 0 Å². The molecule has 0 saturated carbocycles. The van der Waals surface area contributed by atoms with Crippen molar-refractivity contribution < 1.29 is 17.9 Å². The summed E-state index contributed by atoms with van der Waals surface area (Å²) in [4.78, 5) is 11.5. The van der Waals surface area contributed by atoms with Crippen LogP contribution >= 0.6 is 0 Å². The summed E-state index contributed by atoms with van der Waals surface area (Å²) < 4.78 is 34.4. The fourth-order valence-corrected chi connectivity index (χ4v) is 2.37. The Bertz CT molecular complexity index is 456. The molecule has 0 aliphatic heterocycles. The average Bonchev–Trinajstić information content (AvgIpc) is 2.54. The molecule has 0 amide bonds. The number of fused-ring (bicyclic) bond motifs is 1. The molecular weight excluding hydrogens is 219 g/mol. The number of rotatable bonds is 2. The Labute approximate surface area is 88.6 Å². The van der Waals surface area contributed by atoms with E-state index in [0.29, 0.717) is 17.5 Å². The smallest absolute Gasteiger partial charge is 0.163 e. The largest absolute Gasteiger partial charge is 0.772 e. The van der Waals surface area contributed by atoms with E-state index in [-0.39, 0.29) is 23.5 Å². The van der Waals surface area contributed by atoms with Gasteiger partial charge in [-0.15, -0.1) is 0 Å². The van der Waals surface area contributed by atoms with Crippen LogP contribution in [-0.4, -0.2) is 14.5 Å². The second kappa shape index (κ2) is 3.83. The molecule has 1 unspecified atom stereocenters. The monoisotopic (exact) mass is 227 g/mol. The van der Waals surface area contributed by atoms with E-state index < -0.39 is 16.9 Å². The first kappa shape index (κ1) is 10.4. The van der Waals surface area contributed by atoms with Gasteiger partial charge in [-0.25, -0.2) is 4.39 Å². The van der Waals surface area contributed by atoms with E-state index in [1.165, 1.54) is 12.1 Å². The van der Waals surface area contributed by atoms with Gasteiger partial charge in [-0.05, 0) is 23.6 Å². The van der Waals surface area contributed by atoms with Crippen LogP contribution in [0.25, 0.3) is 0 Å². The van der Waals surface area contributed by atoms with Gasteiger partial charge in [0, 0.05) is 17.7 Å². The van der Waals surface area contributed by atoms with E-state index in [9.17, 15) is 17.9 Å². The van der Waals surface area contributed by atoms with E-state index >= 15 is 0 Å². The van der Waals surface area contributed by atoms with Crippen molar-refractivity contribution in [3.63, 3.8) is 0 Å². The number of hydrogen-bond acceptors (Lipinski definition) is 3. The molecule has 1 atom stereocenters. The van der Waals surface area contributed by atoms with Gasteiger partial charge in [-0.2, -0.15) is 0 Å². The first-order chi connectivity index (χ1) is 7.09. The SMILES string of the molecule is O=C1CCc2c(F)ccc(CS(=O)[O-])c21. The van der Waals surface area contributed by atoms with Gasteiger partial charge in [-0.3, -0.25) is 9.00 Å². The molecule has 0 aromatic heterocycles. The topological polar surface area (TPSA) is 57.2 Å². The Morgan fingerprint density at radius 2 is 2.13 bits per heavy atom. The maximum atomic E-state index is 13.3. The fraction of sp³-hybridized carbons (Fsp3) is 0.300. The Balaban J connectivity index is 2.54. The zero-order chi connectivity index (χ0) is 11.0. The quantitative estimate of drug-likeness (QED) is 0.716. The molecule has 0 bridgehead atoms. The number of halogens is 1. The summed E-state index contributed by atoms with van der Waals surface area (Å²) in [5.41, 5.74) is 1.05. The molecule has 1 aromatic rings. The molecule has 1 aliphatic carbocycles. The van der Waals surface area contributed by atoms with Crippen molar-refractivity contribution >= 4 is 16.9 Å². The minimum Gasteiger partial charge on any atom is -0.772 e. The lowest BCUT2D eigenvalue weighted by Crippen LogP contribution is -2.03. The summed E-state index contributed by atoms with van der Waals surface area (Å²) in [6.45, 7) is 0. The van der Waals surface area contributed by atoms with Crippen LogP contribution in [0.1, 0.15) is 27.9 Å². The van der Waals surface area contributed by atoms with Gasteiger partial charge >= 0.3 is 0 Å². The minimum atomic E-state index is -2.26. The molecule has 2 rings (SSSR count). The van der Waals surface area contributed by atoms with Crippen LogP contribution in [0.5, 0.6) is 0 Å². The number of carbonyl (C=O) groups is 1. The van der Waals surface area contributed by atoms with Crippen molar-refractivity contribution in [1.29, 1.82) is 0 Å². The van der Waals surface area contributed by atoms with Crippen molar-refractivity contribution in [2.45, 2.75) is 18.6 Å². The van der Waals surface area contributed by atoms with Gasteiger partial charge in [-0.1, -0.05) is 17.1 Å². The minimum absolute atomic E-state index is 0.162. The maximum Gasteiger partial charge on any atom is 0.163 e. The van der Waals surface area contributed by atoms with Gasteiger partial charge in [0.25, 0.3) is 0 Å². The van der Waals surface area contributed by atoms with Gasteiger partial charge in [0.15, 0.2) is 5.78 Å². The summed E-state index contributed by atoms with van der Waals surface area (Å²) in [5, 5.41) is 0. The molecule has 3 nitrogen and oxygen atoms in total. The predicted molar refractivity (Wildman–Crippen MR) is 51.7 cm³/mol. The zero-order valence-electron chi connectivity index (χ0n) is 7.79. The Morgan fingerprint density at radius 3 is 2.80 bits per heavy atom. The predicted octanol–water partition coefficient (Wildman–Crippen LogP) is 1.33. The van der Waals surface area contributed by atoms with E-state index in [2.05, 4.69) is 0 Å². The summed E-state index contributed by atoms with van der Waals surface area (Å²) in [6.07, 6.45) is 0.647. The summed E-state index contributed by atoms with van der Waals surface area (Å²) in [5.74, 6) is -0.810. The first-order valence-corrected chi connectivity index (χ1v) is 5.73. The number of carbonyl (C=O) groups excluding carboxylic acids is 1. The third kappa shape index (κ3) is 1.85. The highest BCUT2D eigenvalue weighted by Gasteiger charge is 2.25. The Kier molecular flexibility index (Phi) is 2.67. The van der Waals surface area contributed by atoms with Crippen molar-refractivity contribution in [3.8, 4) is 0 Å². The fourth-order valence-electron chi connectivity index (χ4n) is 1.87. The van der Waals surface area contributed by atoms with E-state index in [0.717, 1.165) is 0 Å². The van der Waals surface area contributed by atoms with Crippen molar-refractivity contribution in [2.75, 3.05) is 0 Å². The van der Waals surface area contributed by atoms with Crippen LogP contribution in [0, 0.1) is 5.82 Å². The highest BCUT2D eigenvalue weighted by Crippen LogP contribution is 2.28. The van der Waals surface area contributed by atoms with Crippen LogP contribution < -0.4 is 0 Å². The van der Waals surface area contributed by atoms with Crippen LogP contribution in [0.3, 0.4) is 0 Å². The van der Waals surface area contributed by atoms with E-state index in [1.807, 2.05) is 0 Å². The number of ketones is 1. The maximum absolute atomic E-state index is 13.3. The lowest BCUT2D eigenvalue weighted by Gasteiger charge is -2.09. The standard InChI is InChI=1S/C10H9FO3S/c11-8-3-1-6(5-15(13)14)10-7(8)2-4-9(10)12/h1,3H,2,4-5H2,(H,13,14)/p-1. The third-order valence-corrected chi connectivity index (χ3v) is 3.04. The van der Waals surface area contributed by atoms with Crippen LogP contribution in [0.2, 0.25) is 0 Å². The van der Waals surface area contributed by atoms with Gasteiger partial charge in [0.2, 0.25) is 0 Å². The normalized spacial score (nSPS) is 16.5. The molecule has 5 heteroatoms. The lowest BCUT2D eigenvalue weighted by atomic mass is 10.0. The molecule has 80 valence electrons. The summed E-state index contributed by atoms with van der Waals surface area (Å²) >= 11 is -2.26. The van der Waals surface area contributed by atoms with Gasteiger partial charge in [0.05, 0.1) is 0 Å². The molecule has 0 N–H and O–H groups in total. The second-order valence-electron chi connectivity index (χ2n) is 3.43. The van der Waals surface area contributed by atoms with Gasteiger partial charge < -0.3 is 4.55 Å². The molecule has 0 spiro atoms. The Hall–Kier alpha value is -1.07. The summed E-state index contributed by atoms with van der Waals surface area (Å²) in [7, 11) is 0. The Morgan fingerprint density at radius 1 is 1.40 bits per heavy atom. The van der Waals surface area contributed by atoms with Crippen LogP contribution in [-0.2, 0) is 23.3 Å². The number of hydrogen-bond donors (Lipinski definition) is 0. The highest BCUT2D eigenvalue weighted by molar-refractivity contribution is 7.78. The third-order valence-electron chi connectivity index (χ3n) is 2.50. The number of Topliss-reactive ketones (excluding diaryl/α,β-unsaturated/α-hetero) is 1. The van der Waals surface area contributed by atoms with Crippen molar-refractivity contribution in [1.82, 2.24) is 0 Å². The molecular formula is C10H8FO3S-. The van der Waals surface area contributed by atoms with E-state index in [1.54, 1.807) is 0 Å². The lowest BCUT2D eigenvalue weighted by molar-refractivity contribution is 0.0994. The average molecular weight is 227 g/mol. The molecule has 0 radical (unpaired) electrons. The summed E-state index contributed by atoms with van der Waals surface area (Å²) in [6, 6.07) is 2.59. The first-order valence-electron chi connectivity index (χ1n) is 4.49. The van der Waals surface area contributed by atoms with Crippen LogP contribution in [0.15, 0.2) is 12.1 Å². The number of benzene rings is 1. The highest BCUT2D eigenvalue weighted by atomic mass is 32.2. The zero-order valence-corrected chi connectivity index (χ0v) is 8.60.